The van der Waals surface area contributed by atoms with Crippen LogP contribution in [0.3, 0.4) is 0 Å². The van der Waals surface area contributed by atoms with Gasteiger partial charge < -0.3 is 4.74 Å². The number of rotatable bonds is 1. The van der Waals surface area contributed by atoms with Gasteiger partial charge in [-0.05, 0) is 41.5 Å². The average Bonchev–Trinajstić information content (AvgIpc) is 3.02. The van der Waals surface area contributed by atoms with Gasteiger partial charge in [0.1, 0.15) is 4.88 Å². The number of nitrogens with zero attached hydrogens (tertiary/aromatic N) is 1. The lowest BCUT2D eigenvalue weighted by Crippen LogP contribution is -1.99. The first-order valence-electron chi connectivity index (χ1n) is 5.91. The van der Waals surface area contributed by atoms with E-state index in [1.165, 1.54) is 23.3 Å². The van der Waals surface area contributed by atoms with E-state index in [2.05, 4.69) is 6.07 Å². The lowest BCUT2D eigenvalue weighted by Gasteiger charge is -2.06. The molecule has 1 aliphatic rings. The van der Waals surface area contributed by atoms with Crippen molar-refractivity contribution in [2.45, 2.75) is 18.8 Å². The molecule has 2 aromatic rings. The van der Waals surface area contributed by atoms with Crippen molar-refractivity contribution in [3.8, 4) is 6.07 Å². The quantitative estimate of drug-likeness (QED) is 0.756. The van der Waals surface area contributed by atoms with E-state index in [0.717, 1.165) is 28.8 Å². The number of nitriles is 1. The third-order valence-electron chi connectivity index (χ3n) is 3.34. The third kappa shape index (κ3) is 1.97. The highest BCUT2D eigenvalue weighted by molar-refractivity contribution is 7.14. The highest BCUT2D eigenvalue weighted by Crippen LogP contribution is 2.40. The monoisotopic (exact) mass is 289 g/mol. The molecule has 3 rings (SSSR count). The van der Waals surface area contributed by atoms with Crippen LogP contribution < -0.4 is 0 Å². The standard InChI is InChI=1S/C14H11NO2S2/c1-17-14(16)13-6-9-10(7-15)8-4-5-18-11(8)2-3-12(9)19-13/h4-6,10H,2-3H2,1H3. The maximum absolute atomic E-state index is 11.6. The first-order chi connectivity index (χ1) is 9.24. The van der Waals surface area contributed by atoms with Crippen molar-refractivity contribution in [3.63, 3.8) is 0 Å². The molecule has 0 saturated carbocycles. The van der Waals surface area contributed by atoms with E-state index in [9.17, 15) is 10.1 Å². The van der Waals surface area contributed by atoms with E-state index < -0.39 is 0 Å². The van der Waals surface area contributed by atoms with Crippen LogP contribution in [0.25, 0.3) is 0 Å². The number of ether oxygens (including phenoxy) is 1. The summed E-state index contributed by atoms with van der Waals surface area (Å²) in [5.41, 5.74) is 2.07. The van der Waals surface area contributed by atoms with Crippen LogP contribution in [0.4, 0.5) is 0 Å². The normalized spacial score (nSPS) is 16.9. The molecule has 1 aliphatic carbocycles. The van der Waals surface area contributed by atoms with Gasteiger partial charge in [0.05, 0.1) is 19.1 Å². The zero-order valence-electron chi connectivity index (χ0n) is 10.3. The molecule has 0 amide bonds. The van der Waals surface area contributed by atoms with Crippen molar-refractivity contribution in [2.24, 2.45) is 0 Å². The highest BCUT2D eigenvalue weighted by atomic mass is 32.1. The SMILES string of the molecule is COC(=O)c1cc2c(s1)CCc1sccc1C2C#N. The van der Waals surface area contributed by atoms with Crippen molar-refractivity contribution in [2.75, 3.05) is 7.11 Å². The average molecular weight is 289 g/mol. The predicted octanol–water partition coefficient (Wildman–Crippen LogP) is 3.35. The van der Waals surface area contributed by atoms with Gasteiger partial charge in [-0.25, -0.2) is 4.79 Å². The largest absolute Gasteiger partial charge is 0.465 e. The van der Waals surface area contributed by atoms with Crippen LogP contribution in [0.5, 0.6) is 0 Å². The van der Waals surface area contributed by atoms with Gasteiger partial charge in [-0.1, -0.05) is 0 Å². The highest BCUT2D eigenvalue weighted by Gasteiger charge is 2.27. The summed E-state index contributed by atoms with van der Waals surface area (Å²) < 4.78 is 4.76. The van der Waals surface area contributed by atoms with Crippen LogP contribution in [0.15, 0.2) is 17.5 Å². The van der Waals surface area contributed by atoms with Crippen LogP contribution >= 0.6 is 22.7 Å². The summed E-state index contributed by atoms with van der Waals surface area (Å²) in [6.07, 6.45) is 1.84. The summed E-state index contributed by atoms with van der Waals surface area (Å²) >= 11 is 3.16. The molecule has 1 unspecified atom stereocenters. The molecular formula is C14H11NO2S2. The zero-order valence-corrected chi connectivity index (χ0v) is 11.9. The number of carbonyl (C=O) groups excluding carboxylic acids is 1. The molecule has 0 radical (unpaired) electrons. The lowest BCUT2D eigenvalue weighted by molar-refractivity contribution is 0.0606. The van der Waals surface area contributed by atoms with Gasteiger partial charge in [0.25, 0.3) is 0 Å². The van der Waals surface area contributed by atoms with Crippen molar-refractivity contribution < 1.29 is 9.53 Å². The number of esters is 1. The van der Waals surface area contributed by atoms with Gasteiger partial charge in [0.15, 0.2) is 0 Å². The van der Waals surface area contributed by atoms with Crippen LogP contribution in [-0.4, -0.2) is 13.1 Å². The molecule has 0 aromatic carbocycles. The molecule has 0 spiro atoms. The molecule has 0 N–H and O–H groups in total. The smallest absolute Gasteiger partial charge is 0.348 e. The number of methoxy groups -OCH3 is 1. The van der Waals surface area contributed by atoms with Crippen LogP contribution in [0, 0.1) is 11.3 Å². The van der Waals surface area contributed by atoms with Crippen LogP contribution in [0.2, 0.25) is 0 Å². The van der Waals surface area contributed by atoms with Gasteiger partial charge in [-0.15, -0.1) is 22.7 Å². The van der Waals surface area contributed by atoms with Crippen molar-refractivity contribution in [1.29, 1.82) is 5.26 Å². The number of fused-ring (bicyclic) bond motifs is 2. The zero-order chi connectivity index (χ0) is 13.4. The van der Waals surface area contributed by atoms with E-state index in [-0.39, 0.29) is 11.9 Å². The number of thiophene rings is 2. The molecule has 1 atom stereocenters. The van der Waals surface area contributed by atoms with Gasteiger partial charge in [0, 0.05) is 9.75 Å². The first-order valence-corrected chi connectivity index (χ1v) is 7.61. The number of aryl methyl sites for hydroxylation is 2. The second-order valence-corrected chi connectivity index (χ2v) is 6.48. The van der Waals surface area contributed by atoms with E-state index in [4.69, 9.17) is 4.74 Å². The van der Waals surface area contributed by atoms with E-state index in [1.807, 2.05) is 17.5 Å². The number of hydrogen-bond acceptors (Lipinski definition) is 5. The Hall–Kier alpha value is -1.64. The van der Waals surface area contributed by atoms with Gasteiger partial charge in [0.2, 0.25) is 0 Å². The molecule has 0 fully saturated rings. The predicted molar refractivity (Wildman–Crippen MR) is 74.8 cm³/mol. The Labute approximate surface area is 119 Å². The minimum atomic E-state index is -0.319. The van der Waals surface area contributed by atoms with E-state index in [0.29, 0.717) is 4.88 Å². The molecule has 2 aromatic heterocycles. The van der Waals surface area contributed by atoms with Crippen molar-refractivity contribution in [1.82, 2.24) is 0 Å². The fraction of sp³-hybridized carbons (Fsp3) is 0.286. The Balaban J connectivity index is 2.11. The number of carbonyl (C=O) groups is 1. The fourth-order valence-electron chi connectivity index (χ4n) is 2.43. The molecule has 96 valence electrons. The Morgan fingerprint density at radius 2 is 2.21 bits per heavy atom. The molecule has 0 bridgehead atoms. The molecule has 3 nitrogen and oxygen atoms in total. The Morgan fingerprint density at radius 3 is 2.95 bits per heavy atom. The topological polar surface area (TPSA) is 50.1 Å². The Bertz CT molecular complexity index is 678. The van der Waals surface area contributed by atoms with E-state index >= 15 is 0 Å². The molecule has 5 heteroatoms. The molecular weight excluding hydrogens is 278 g/mol. The summed E-state index contributed by atoms with van der Waals surface area (Å²) in [7, 11) is 1.38. The second kappa shape index (κ2) is 4.80. The van der Waals surface area contributed by atoms with Crippen LogP contribution in [0.1, 0.15) is 36.5 Å². The summed E-state index contributed by atoms with van der Waals surface area (Å²) in [6.45, 7) is 0. The molecule has 2 heterocycles. The number of hydrogen-bond donors (Lipinski definition) is 0. The molecule has 0 aliphatic heterocycles. The molecule has 0 saturated heterocycles. The van der Waals surface area contributed by atoms with Gasteiger partial charge in [-0.3, -0.25) is 0 Å². The molecule has 19 heavy (non-hydrogen) atoms. The first kappa shape index (κ1) is 12.4. The van der Waals surface area contributed by atoms with Crippen molar-refractivity contribution in [3.05, 3.63) is 43.3 Å². The van der Waals surface area contributed by atoms with Crippen molar-refractivity contribution >= 4 is 28.6 Å². The van der Waals surface area contributed by atoms with E-state index in [1.54, 1.807) is 11.3 Å². The minimum absolute atomic E-state index is 0.256. The maximum Gasteiger partial charge on any atom is 0.348 e. The third-order valence-corrected chi connectivity index (χ3v) is 5.53. The van der Waals surface area contributed by atoms with Crippen LogP contribution in [-0.2, 0) is 17.6 Å². The van der Waals surface area contributed by atoms with Gasteiger partial charge in [-0.2, -0.15) is 5.26 Å². The lowest BCUT2D eigenvalue weighted by atomic mass is 9.95. The summed E-state index contributed by atoms with van der Waals surface area (Å²) in [6, 6.07) is 6.23. The second-order valence-electron chi connectivity index (χ2n) is 4.34. The maximum atomic E-state index is 11.6. The Kier molecular flexibility index (Phi) is 3.13. The summed E-state index contributed by atoms with van der Waals surface area (Å²) in [5.74, 6) is -0.575. The minimum Gasteiger partial charge on any atom is -0.465 e. The summed E-state index contributed by atoms with van der Waals surface area (Å²) in [4.78, 5) is 14.6. The fourth-order valence-corrected chi connectivity index (χ4v) is 4.47. The summed E-state index contributed by atoms with van der Waals surface area (Å²) in [5, 5.41) is 11.5. The van der Waals surface area contributed by atoms with Gasteiger partial charge >= 0.3 is 5.97 Å². The Morgan fingerprint density at radius 1 is 1.42 bits per heavy atom.